The highest BCUT2D eigenvalue weighted by molar-refractivity contribution is 5.76. The van der Waals surface area contributed by atoms with Crippen LogP contribution in [0.1, 0.15) is 30.4 Å². The van der Waals surface area contributed by atoms with E-state index in [-0.39, 0.29) is 30.7 Å². The minimum atomic E-state index is -4.45. The summed E-state index contributed by atoms with van der Waals surface area (Å²) in [5.74, 6) is -0.0772. The molecule has 1 aliphatic rings. The number of nitrogens with zero attached hydrogens (tertiary/aromatic N) is 4. The van der Waals surface area contributed by atoms with Gasteiger partial charge in [-0.05, 0) is 30.5 Å². The minimum absolute atomic E-state index is 0.0772. The van der Waals surface area contributed by atoms with Gasteiger partial charge in [-0.25, -0.2) is 4.98 Å². The number of piperidine rings is 1. The summed E-state index contributed by atoms with van der Waals surface area (Å²) in [5.41, 5.74) is -1.90. The molecule has 6 nitrogen and oxygen atoms in total. The number of rotatable bonds is 4. The number of halogens is 3. The Morgan fingerprint density at radius 1 is 1.27 bits per heavy atom. The number of aryl methyl sites for hydroxylation is 1. The molecule has 0 atom stereocenters. The lowest BCUT2D eigenvalue weighted by atomic mass is 9.83. The summed E-state index contributed by atoms with van der Waals surface area (Å²) in [7, 11) is 0. The van der Waals surface area contributed by atoms with Gasteiger partial charge in [0.15, 0.2) is 0 Å². The molecular weight excluding hydrogens is 349 g/mol. The van der Waals surface area contributed by atoms with Crippen LogP contribution in [-0.4, -0.2) is 43.8 Å². The summed E-state index contributed by atoms with van der Waals surface area (Å²) < 4.78 is 40.2. The van der Waals surface area contributed by atoms with Crippen LogP contribution in [0.15, 0.2) is 36.9 Å². The van der Waals surface area contributed by atoms with Crippen LogP contribution in [0, 0.1) is 0 Å². The summed E-state index contributed by atoms with van der Waals surface area (Å²) in [6.45, 7) is 0.999. The van der Waals surface area contributed by atoms with Crippen molar-refractivity contribution in [2.45, 2.75) is 37.6 Å². The van der Waals surface area contributed by atoms with Crippen LogP contribution in [0.2, 0.25) is 0 Å². The van der Waals surface area contributed by atoms with Crippen LogP contribution < -0.4 is 0 Å². The van der Waals surface area contributed by atoms with Crippen molar-refractivity contribution in [3.63, 3.8) is 0 Å². The van der Waals surface area contributed by atoms with Crippen molar-refractivity contribution in [3.8, 4) is 0 Å². The zero-order valence-electron chi connectivity index (χ0n) is 14.0. The van der Waals surface area contributed by atoms with Crippen molar-refractivity contribution < 1.29 is 23.1 Å². The van der Waals surface area contributed by atoms with Crippen molar-refractivity contribution in [1.82, 2.24) is 19.7 Å². The highest BCUT2D eigenvalue weighted by atomic mass is 19.4. The predicted molar refractivity (Wildman–Crippen MR) is 85.8 cm³/mol. The van der Waals surface area contributed by atoms with E-state index < -0.39 is 17.3 Å². The first-order valence-electron chi connectivity index (χ1n) is 8.28. The molecular formula is C17H19F3N4O2. The Labute approximate surface area is 148 Å². The topological polar surface area (TPSA) is 71.2 Å². The second-order valence-corrected chi connectivity index (χ2v) is 6.40. The molecule has 1 aromatic heterocycles. The van der Waals surface area contributed by atoms with Crippen molar-refractivity contribution in [3.05, 3.63) is 48.0 Å². The Morgan fingerprint density at radius 3 is 2.62 bits per heavy atom. The van der Waals surface area contributed by atoms with E-state index in [1.165, 1.54) is 24.8 Å². The Bertz CT molecular complexity index is 754. The average molecular weight is 368 g/mol. The monoisotopic (exact) mass is 368 g/mol. The van der Waals surface area contributed by atoms with Gasteiger partial charge in [0, 0.05) is 19.5 Å². The Balaban J connectivity index is 1.61. The van der Waals surface area contributed by atoms with E-state index in [4.69, 9.17) is 0 Å². The van der Waals surface area contributed by atoms with Gasteiger partial charge in [0.25, 0.3) is 0 Å². The molecule has 3 rings (SSSR count). The van der Waals surface area contributed by atoms with Gasteiger partial charge < -0.3 is 10.0 Å². The van der Waals surface area contributed by atoms with E-state index in [1.54, 1.807) is 9.58 Å². The zero-order valence-corrected chi connectivity index (χ0v) is 14.0. The predicted octanol–water partition coefficient (Wildman–Crippen LogP) is 2.20. The van der Waals surface area contributed by atoms with Crippen LogP contribution in [0.4, 0.5) is 13.2 Å². The number of hydrogen-bond acceptors (Lipinski definition) is 4. The van der Waals surface area contributed by atoms with Gasteiger partial charge >= 0.3 is 6.18 Å². The number of aromatic nitrogens is 3. The van der Waals surface area contributed by atoms with Gasteiger partial charge in [0.1, 0.15) is 12.7 Å². The molecule has 1 fully saturated rings. The molecule has 2 aromatic rings. The molecule has 1 aromatic carbocycles. The molecule has 0 bridgehead atoms. The molecule has 0 spiro atoms. The van der Waals surface area contributed by atoms with Crippen LogP contribution >= 0.6 is 0 Å². The molecule has 9 heteroatoms. The molecule has 0 saturated carbocycles. The van der Waals surface area contributed by atoms with E-state index in [2.05, 4.69) is 10.1 Å². The molecule has 26 heavy (non-hydrogen) atoms. The number of hydrogen-bond donors (Lipinski definition) is 1. The van der Waals surface area contributed by atoms with Crippen molar-refractivity contribution in [2.24, 2.45) is 0 Å². The van der Waals surface area contributed by atoms with E-state index in [0.29, 0.717) is 19.6 Å². The third-order valence-electron chi connectivity index (χ3n) is 4.69. The molecule has 140 valence electrons. The molecule has 1 aliphatic heterocycles. The van der Waals surface area contributed by atoms with Crippen molar-refractivity contribution >= 4 is 5.91 Å². The van der Waals surface area contributed by atoms with Gasteiger partial charge in [-0.15, -0.1) is 0 Å². The van der Waals surface area contributed by atoms with E-state index in [0.717, 1.165) is 12.1 Å². The van der Waals surface area contributed by atoms with Gasteiger partial charge in [0.2, 0.25) is 5.91 Å². The fourth-order valence-electron chi connectivity index (χ4n) is 3.12. The van der Waals surface area contributed by atoms with E-state index in [1.807, 2.05) is 0 Å². The van der Waals surface area contributed by atoms with E-state index >= 15 is 0 Å². The quantitative estimate of drug-likeness (QED) is 0.898. The molecule has 2 heterocycles. The standard InChI is InChI=1S/C17H19F3N4O2/c18-17(19,20)14-3-1-2-13(10-14)16(26)5-8-23(9-6-16)15(25)4-7-24-12-21-11-22-24/h1-3,10-12,26H,4-9H2. The van der Waals surface area contributed by atoms with Crippen molar-refractivity contribution in [2.75, 3.05) is 13.1 Å². The number of benzene rings is 1. The SMILES string of the molecule is O=C(CCn1cncn1)N1CCC(O)(c2cccc(C(F)(F)F)c2)CC1. The Kier molecular flexibility index (Phi) is 4.99. The van der Waals surface area contributed by atoms with Gasteiger partial charge in [-0.1, -0.05) is 12.1 Å². The number of carbonyl (C=O) groups excluding carboxylic acids is 1. The summed E-state index contributed by atoms with van der Waals surface area (Å²) in [5, 5.41) is 14.7. The summed E-state index contributed by atoms with van der Waals surface area (Å²) >= 11 is 0. The molecule has 1 N–H and O–H groups in total. The van der Waals surface area contributed by atoms with Gasteiger partial charge in [-0.2, -0.15) is 18.3 Å². The largest absolute Gasteiger partial charge is 0.416 e. The highest BCUT2D eigenvalue weighted by Crippen LogP contribution is 2.36. The second-order valence-electron chi connectivity index (χ2n) is 6.40. The lowest BCUT2D eigenvalue weighted by molar-refractivity contribution is -0.137. The number of amides is 1. The fourth-order valence-corrected chi connectivity index (χ4v) is 3.12. The van der Waals surface area contributed by atoms with Gasteiger partial charge in [-0.3, -0.25) is 9.48 Å². The Morgan fingerprint density at radius 2 is 2.00 bits per heavy atom. The van der Waals surface area contributed by atoms with Gasteiger partial charge in [0.05, 0.1) is 17.7 Å². The molecule has 0 aliphatic carbocycles. The summed E-state index contributed by atoms with van der Waals surface area (Å²) in [6.07, 6.45) is -0.890. The first-order chi connectivity index (χ1) is 12.3. The zero-order chi connectivity index (χ0) is 18.8. The minimum Gasteiger partial charge on any atom is -0.385 e. The molecule has 1 amide bonds. The van der Waals surface area contributed by atoms with Crippen LogP contribution in [0.25, 0.3) is 0 Å². The van der Waals surface area contributed by atoms with Crippen molar-refractivity contribution in [1.29, 1.82) is 0 Å². The Hall–Kier alpha value is -2.42. The maximum Gasteiger partial charge on any atom is 0.416 e. The molecule has 1 saturated heterocycles. The smallest absolute Gasteiger partial charge is 0.385 e. The number of likely N-dealkylation sites (tertiary alicyclic amines) is 1. The van der Waals surface area contributed by atoms with Crippen LogP contribution in [-0.2, 0) is 23.1 Å². The maximum absolute atomic E-state index is 12.9. The molecule has 0 unspecified atom stereocenters. The van der Waals surface area contributed by atoms with Crippen LogP contribution in [0.5, 0.6) is 0 Å². The first-order valence-corrected chi connectivity index (χ1v) is 8.28. The highest BCUT2D eigenvalue weighted by Gasteiger charge is 2.37. The number of alkyl halides is 3. The summed E-state index contributed by atoms with van der Waals surface area (Å²) in [4.78, 5) is 17.7. The fraction of sp³-hybridized carbons (Fsp3) is 0.471. The normalized spacial score (nSPS) is 17.3. The average Bonchev–Trinajstić information content (AvgIpc) is 3.13. The number of aliphatic hydroxyl groups is 1. The number of carbonyl (C=O) groups is 1. The summed E-state index contributed by atoms with van der Waals surface area (Å²) in [6, 6.07) is 4.76. The lowest BCUT2D eigenvalue weighted by Crippen LogP contribution is -2.45. The third kappa shape index (κ3) is 4.04. The second kappa shape index (κ2) is 7.06. The van der Waals surface area contributed by atoms with Crippen LogP contribution in [0.3, 0.4) is 0 Å². The first kappa shape index (κ1) is 18.4. The molecule has 0 radical (unpaired) electrons. The van der Waals surface area contributed by atoms with E-state index in [9.17, 15) is 23.1 Å². The maximum atomic E-state index is 12.9. The third-order valence-corrected chi connectivity index (χ3v) is 4.69. The lowest BCUT2D eigenvalue weighted by Gasteiger charge is -2.38.